The van der Waals surface area contributed by atoms with Crippen molar-refractivity contribution in [1.82, 2.24) is 5.32 Å². The van der Waals surface area contributed by atoms with Crippen LogP contribution in [0.5, 0.6) is 0 Å². The second-order valence-electron chi connectivity index (χ2n) is 4.93. The van der Waals surface area contributed by atoms with E-state index in [1.54, 1.807) is 6.07 Å². The molecule has 106 valence electrons. The molecule has 0 fully saturated rings. The number of hydrogen-bond donors (Lipinski definition) is 1. The number of likely N-dealkylation sites (N-methyl/N-ethyl adjacent to an activating group) is 1. The van der Waals surface area contributed by atoms with Crippen LogP contribution in [-0.4, -0.2) is 6.54 Å². The fourth-order valence-corrected chi connectivity index (χ4v) is 2.78. The second-order valence-corrected chi connectivity index (χ2v) is 5.79. The lowest BCUT2D eigenvalue weighted by Gasteiger charge is -2.20. The van der Waals surface area contributed by atoms with Gasteiger partial charge >= 0.3 is 0 Å². The highest BCUT2D eigenvalue weighted by molar-refractivity contribution is 9.10. The van der Waals surface area contributed by atoms with Gasteiger partial charge in [0.2, 0.25) is 0 Å². The van der Waals surface area contributed by atoms with Gasteiger partial charge in [0, 0.05) is 16.1 Å². The number of benzene rings is 2. The van der Waals surface area contributed by atoms with Crippen molar-refractivity contribution in [3.05, 3.63) is 69.4 Å². The molecule has 3 heteroatoms. The van der Waals surface area contributed by atoms with E-state index in [0.29, 0.717) is 0 Å². The first-order valence-electron chi connectivity index (χ1n) is 6.84. The fraction of sp³-hybridized carbons (Fsp3) is 0.294. The molecule has 0 amide bonds. The molecular formula is C17H19BrFN. The van der Waals surface area contributed by atoms with Gasteiger partial charge in [-0.3, -0.25) is 0 Å². The second kappa shape index (κ2) is 7.00. The van der Waals surface area contributed by atoms with Crippen molar-refractivity contribution in [2.24, 2.45) is 0 Å². The molecule has 1 nitrogen and oxygen atoms in total. The van der Waals surface area contributed by atoms with E-state index in [1.807, 2.05) is 44.2 Å². The molecule has 0 radical (unpaired) electrons. The molecule has 0 aliphatic carbocycles. The third-order valence-corrected chi connectivity index (χ3v) is 4.14. The Morgan fingerprint density at radius 3 is 2.60 bits per heavy atom. The van der Waals surface area contributed by atoms with E-state index in [2.05, 4.69) is 27.3 Å². The Morgan fingerprint density at radius 2 is 1.95 bits per heavy atom. The molecule has 0 bridgehead atoms. The summed E-state index contributed by atoms with van der Waals surface area (Å²) in [6.45, 7) is 4.75. The minimum atomic E-state index is -0.136. The predicted octanol–water partition coefficient (Wildman–Crippen LogP) is 4.79. The third kappa shape index (κ3) is 3.68. The van der Waals surface area contributed by atoms with Crippen LogP contribution in [0.2, 0.25) is 0 Å². The van der Waals surface area contributed by atoms with E-state index in [4.69, 9.17) is 0 Å². The Bertz CT molecular complexity index is 583. The summed E-state index contributed by atoms with van der Waals surface area (Å²) in [6, 6.07) is 13.5. The first kappa shape index (κ1) is 15.2. The maximum absolute atomic E-state index is 14.2. The molecule has 0 aliphatic rings. The van der Waals surface area contributed by atoms with E-state index in [9.17, 15) is 4.39 Å². The van der Waals surface area contributed by atoms with Gasteiger partial charge in [-0.05, 0) is 43.1 Å². The first-order valence-corrected chi connectivity index (χ1v) is 7.64. The van der Waals surface area contributed by atoms with E-state index >= 15 is 0 Å². The van der Waals surface area contributed by atoms with Gasteiger partial charge in [0.15, 0.2) is 0 Å². The molecule has 1 N–H and O–H groups in total. The molecule has 1 atom stereocenters. The molecule has 0 aliphatic heterocycles. The highest BCUT2D eigenvalue weighted by Crippen LogP contribution is 2.25. The van der Waals surface area contributed by atoms with Gasteiger partial charge in [-0.2, -0.15) is 0 Å². The lowest BCUT2D eigenvalue weighted by Crippen LogP contribution is -2.24. The first-order chi connectivity index (χ1) is 9.61. The van der Waals surface area contributed by atoms with Crippen LogP contribution in [0.3, 0.4) is 0 Å². The van der Waals surface area contributed by atoms with Crippen molar-refractivity contribution >= 4 is 15.9 Å². The average molecular weight is 336 g/mol. The zero-order valence-corrected chi connectivity index (χ0v) is 13.4. The average Bonchev–Trinajstić information content (AvgIpc) is 2.41. The Morgan fingerprint density at radius 1 is 1.20 bits per heavy atom. The smallest absolute Gasteiger partial charge is 0.128 e. The van der Waals surface area contributed by atoms with Gasteiger partial charge < -0.3 is 5.32 Å². The normalized spacial score (nSPS) is 12.4. The Hall–Kier alpha value is -1.19. The highest BCUT2D eigenvalue weighted by Gasteiger charge is 2.16. The van der Waals surface area contributed by atoms with Crippen molar-refractivity contribution in [1.29, 1.82) is 0 Å². The topological polar surface area (TPSA) is 12.0 Å². The fourth-order valence-electron chi connectivity index (χ4n) is 2.34. The van der Waals surface area contributed by atoms with Gasteiger partial charge in [0.25, 0.3) is 0 Å². The summed E-state index contributed by atoms with van der Waals surface area (Å²) >= 11 is 3.56. The van der Waals surface area contributed by atoms with Crippen molar-refractivity contribution < 1.29 is 4.39 Å². The highest BCUT2D eigenvalue weighted by atomic mass is 79.9. The molecule has 2 aromatic carbocycles. The summed E-state index contributed by atoms with van der Waals surface area (Å²) in [5.41, 5.74) is 2.86. The van der Waals surface area contributed by atoms with Gasteiger partial charge in [-0.1, -0.05) is 53.2 Å². The molecule has 0 aromatic heterocycles. The van der Waals surface area contributed by atoms with Crippen molar-refractivity contribution in [2.45, 2.75) is 26.3 Å². The lowest BCUT2D eigenvalue weighted by atomic mass is 9.97. The minimum Gasteiger partial charge on any atom is -0.310 e. The zero-order valence-electron chi connectivity index (χ0n) is 11.8. The summed E-state index contributed by atoms with van der Waals surface area (Å²) in [7, 11) is 0. The summed E-state index contributed by atoms with van der Waals surface area (Å²) in [6.07, 6.45) is 0.759. The van der Waals surface area contributed by atoms with Crippen molar-refractivity contribution in [3.63, 3.8) is 0 Å². The van der Waals surface area contributed by atoms with Gasteiger partial charge in [0.05, 0.1) is 0 Å². The molecule has 0 saturated heterocycles. The molecule has 20 heavy (non-hydrogen) atoms. The number of halogens is 2. The van der Waals surface area contributed by atoms with Crippen LogP contribution in [0.25, 0.3) is 0 Å². The molecule has 2 rings (SSSR count). The Balaban J connectivity index is 2.29. The minimum absolute atomic E-state index is 0.0145. The Kier molecular flexibility index (Phi) is 5.32. The summed E-state index contributed by atoms with van der Waals surface area (Å²) in [4.78, 5) is 0. The summed E-state index contributed by atoms with van der Waals surface area (Å²) < 4.78 is 15.2. The quantitative estimate of drug-likeness (QED) is 0.828. The van der Waals surface area contributed by atoms with E-state index in [1.165, 1.54) is 5.56 Å². The van der Waals surface area contributed by atoms with Crippen molar-refractivity contribution in [2.75, 3.05) is 6.54 Å². The van der Waals surface area contributed by atoms with Crippen LogP contribution >= 0.6 is 15.9 Å². The molecule has 0 spiro atoms. The summed E-state index contributed by atoms with van der Waals surface area (Å²) in [5, 5.41) is 3.37. The van der Waals surface area contributed by atoms with Crippen LogP contribution in [0.15, 0.2) is 46.9 Å². The number of nitrogens with one attached hydrogen (secondary N) is 1. The monoisotopic (exact) mass is 335 g/mol. The van der Waals surface area contributed by atoms with Gasteiger partial charge in [-0.15, -0.1) is 0 Å². The van der Waals surface area contributed by atoms with E-state index in [0.717, 1.165) is 28.6 Å². The third-order valence-electron chi connectivity index (χ3n) is 3.36. The van der Waals surface area contributed by atoms with Crippen LogP contribution in [-0.2, 0) is 6.42 Å². The maximum Gasteiger partial charge on any atom is 0.128 e. The van der Waals surface area contributed by atoms with Crippen LogP contribution in [0.1, 0.15) is 29.7 Å². The SMILES string of the molecule is CCNC(Cc1ccccc1Br)c1ccc(C)cc1F. The summed E-state index contributed by atoms with van der Waals surface area (Å²) in [5.74, 6) is -0.136. The molecule has 0 saturated carbocycles. The standard InChI is InChI=1S/C17H19BrFN/c1-3-20-17(11-13-6-4-5-7-15(13)18)14-9-8-12(2)10-16(14)19/h4-10,17,20H,3,11H2,1-2H3. The van der Waals surface area contributed by atoms with Gasteiger partial charge in [-0.25, -0.2) is 4.39 Å². The predicted molar refractivity (Wildman–Crippen MR) is 85.4 cm³/mol. The molecular weight excluding hydrogens is 317 g/mol. The van der Waals surface area contributed by atoms with E-state index in [-0.39, 0.29) is 11.9 Å². The van der Waals surface area contributed by atoms with Crippen molar-refractivity contribution in [3.8, 4) is 0 Å². The molecule has 0 heterocycles. The van der Waals surface area contributed by atoms with Crippen LogP contribution < -0.4 is 5.32 Å². The largest absolute Gasteiger partial charge is 0.310 e. The number of hydrogen-bond acceptors (Lipinski definition) is 1. The van der Waals surface area contributed by atoms with E-state index < -0.39 is 0 Å². The van der Waals surface area contributed by atoms with Crippen LogP contribution in [0, 0.1) is 12.7 Å². The van der Waals surface area contributed by atoms with Gasteiger partial charge in [0.1, 0.15) is 5.82 Å². The Labute approximate surface area is 128 Å². The molecule has 2 aromatic rings. The maximum atomic E-state index is 14.2. The molecule has 1 unspecified atom stereocenters. The number of aryl methyl sites for hydroxylation is 1. The zero-order chi connectivity index (χ0) is 14.5. The number of rotatable bonds is 5. The lowest BCUT2D eigenvalue weighted by molar-refractivity contribution is 0.509. The van der Waals surface area contributed by atoms with Crippen LogP contribution in [0.4, 0.5) is 4.39 Å².